The molecule has 160 valence electrons. The van der Waals surface area contributed by atoms with Gasteiger partial charge < -0.3 is 14.5 Å². The second-order valence-corrected chi connectivity index (χ2v) is 8.08. The topological polar surface area (TPSA) is 74.9 Å². The van der Waals surface area contributed by atoms with E-state index in [0.717, 1.165) is 23.2 Å². The fraction of sp³-hybridized carbons (Fsp3) is 0.333. The van der Waals surface area contributed by atoms with Gasteiger partial charge in [-0.15, -0.1) is 0 Å². The molecule has 2 aliphatic rings. The zero-order valence-electron chi connectivity index (χ0n) is 17.8. The van der Waals surface area contributed by atoms with E-state index >= 15 is 0 Å². The molecule has 31 heavy (non-hydrogen) atoms. The molecule has 0 radical (unpaired) electrons. The third-order valence-corrected chi connectivity index (χ3v) is 6.55. The van der Waals surface area contributed by atoms with Crippen molar-refractivity contribution in [3.05, 3.63) is 59.3 Å². The van der Waals surface area contributed by atoms with Crippen LogP contribution in [0.4, 0.5) is 0 Å². The average molecular weight is 419 g/mol. The van der Waals surface area contributed by atoms with Gasteiger partial charge in [-0.3, -0.25) is 19.4 Å². The van der Waals surface area contributed by atoms with Crippen LogP contribution in [0, 0.1) is 0 Å². The Morgan fingerprint density at radius 2 is 1.81 bits per heavy atom. The number of likely N-dealkylation sites (tertiary alicyclic amines) is 1. The van der Waals surface area contributed by atoms with E-state index in [4.69, 9.17) is 9.47 Å². The molecule has 2 amide bonds. The molecular formula is C24H25N3O4. The van der Waals surface area contributed by atoms with Crippen LogP contribution in [0.2, 0.25) is 0 Å². The van der Waals surface area contributed by atoms with Gasteiger partial charge in [-0.2, -0.15) is 0 Å². The van der Waals surface area contributed by atoms with Crippen molar-refractivity contribution in [2.45, 2.75) is 24.9 Å². The molecule has 2 aliphatic heterocycles. The number of nitrogens with one attached hydrogen (secondary N) is 1. The second kappa shape index (κ2) is 7.42. The third kappa shape index (κ3) is 2.99. The number of imide groups is 1. The number of nitrogens with zero attached hydrogens (tertiary/aromatic N) is 2. The highest BCUT2D eigenvalue weighted by atomic mass is 16.5. The SMILES string of the molecule is COc1ccc(C2c3[nH]c4ccccc4c3CCN2C2CC(=O)N(C)C2=O)cc1OC. The lowest BCUT2D eigenvalue weighted by atomic mass is 9.90. The Kier molecular flexibility index (Phi) is 4.70. The van der Waals surface area contributed by atoms with E-state index in [-0.39, 0.29) is 24.3 Å². The van der Waals surface area contributed by atoms with Crippen LogP contribution in [0.25, 0.3) is 10.9 Å². The molecular weight excluding hydrogens is 394 g/mol. The number of likely N-dealkylation sites (N-methyl/N-ethyl adjacent to an activating group) is 1. The molecule has 7 nitrogen and oxygen atoms in total. The quantitative estimate of drug-likeness (QED) is 0.659. The van der Waals surface area contributed by atoms with Gasteiger partial charge in [0.15, 0.2) is 11.5 Å². The number of methoxy groups -OCH3 is 2. The van der Waals surface area contributed by atoms with Gasteiger partial charge in [0.05, 0.1) is 32.7 Å². The van der Waals surface area contributed by atoms with Gasteiger partial charge in [-0.05, 0) is 35.7 Å². The van der Waals surface area contributed by atoms with E-state index in [0.29, 0.717) is 18.0 Å². The highest BCUT2D eigenvalue weighted by molar-refractivity contribution is 6.05. The van der Waals surface area contributed by atoms with Crippen LogP contribution in [-0.2, 0) is 16.0 Å². The molecule has 0 bridgehead atoms. The molecule has 2 atom stereocenters. The number of carbonyl (C=O) groups is 2. The zero-order valence-corrected chi connectivity index (χ0v) is 17.8. The minimum atomic E-state index is -0.477. The number of ether oxygens (including phenoxy) is 2. The van der Waals surface area contributed by atoms with E-state index < -0.39 is 6.04 Å². The minimum Gasteiger partial charge on any atom is -0.493 e. The summed E-state index contributed by atoms with van der Waals surface area (Å²) in [4.78, 5) is 32.2. The summed E-state index contributed by atoms with van der Waals surface area (Å²) >= 11 is 0. The molecule has 7 heteroatoms. The highest BCUT2D eigenvalue weighted by Crippen LogP contribution is 2.42. The average Bonchev–Trinajstić information content (AvgIpc) is 3.30. The molecule has 0 aliphatic carbocycles. The number of carbonyl (C=O) groups excluding carboxylic acids is 2. The first-order valence-electron chi connectivity index (χ1n) is 10.4. The summed E-state index contributed by atoms with van der Waals surface area (Å²) in [5, 5.41) is 1.20. The molecule has 2 aromatic carbocycles. The smallest absolute Gasteiger partial charge is 0.246 e. The first-order chi connectivity index (χ1) is 15.0. The maximum Gasteiger partial charge on any atom is 0.246 e. The summed E-state index contributed by atoms with van der Waals surface area (Å²) in [7, 11) is 4.79. The van der Waals surface area contributed by atoms with Gasteiger partial charge in [0.1, 0.15) is 0 Å². The predicted molar refractivity (Wildman–Crippen MR) is 116 cm³/mol. The van der Waals surface area contributed by atoms with Crippen LogP contribution >= 0.6 is 0 Å². The standard InChI is InChI=1S/C24H25N3O4/c1-26-21(28)13-18(24(26)29)27-11-10-16-15-6-4-5-7-17(15)25-22(16)23(27)14-8-9-19(30-2)20(12-14)31-3/h4-9,12,18,23,25H,10-11,13H2,1-3H3. The number of amides is 2. The van der Waals surface area contributed by atoms with Crippen molar-refractivity contribution in [2.24, 2.45) is 0 Å². The van der Waals surface area contributed by atoms with E-state index in [1.807, 2.05) is 30.3 Å². The Hall–Kier alpha value is -3.32. The molecule has 3 heterocycles. The fourth-order valence-corrected chi connectivity index (χ4v) is 4.97. The number of aromatic nitrogens is 1. The minimum absolute atomic E-state index is 0.136. The Bertz CT molecular complexity index is 1180. The van der Waals surface area contributed by atoms with E-state index in [1.54, 1.807) is 21.3 Å². The number of rotatable bonds is 4. The molecule has 2 unspecified atom stereocenters. The summed E-state index contributed by atoms with van der Waals surface area (Å²) in [6.45, 7) is 0.686. The predicted octanol–water partition coefficient (Wildman–Crippen LogP) is 2.89. The number of H-pyrrole nitrogens is 1. The van der Waals surface area contributed by atoms with Crippen molar-refractivity contribution in [3.8, 4) is 11.5 Å². The van der Waals surface area contributed by atoms with Crippen molar-refractivity contribution >= 4 is 22.7 Å². The monoisotopic (exact) mass is 419 g/mol. The number of aromatic amines is 1. The normalized spacial score (nSPS) is 21.6. The fourth-order valence-electron chi connectivity index (χ4n) is 4.97. The van der Waals surface area contributed by atoms with Gasteiger partial charge in [0.25, 0.3) is 0 Å². The number of benzene rings is 2. The van der Waals surface area contributed by atoms with Crippen LogP contribution < -0.4 is 9.47 Å². The van der Waals surface area contributed by atoms with E-state index in [9.17, 15) is 9.59 Å². The van der Waals surface area contributed by atoms with Crippen LogP contribution in [0.3, 0.4) is 0 Å². The summed E-state index contributed by atoms with van der Waals surface area (Å²) in [6.07, 6.45) is 1.01. The van der Waals surface area contributed by atoms with Crippen molar-refractivity contribution in [1.82, 2.24) is 14.8 Å². The van der Waals surface area contributed by atoms with Gasteiger partial charge in [-0.25, -0.2) is 0 Å². The van der Waals surface area contributed by atoms with Crippen molar-refractivity contribution in [2.75, 3.05) is 27.8 Å². The van der Waals surface area contributed by atoms with Crippen LogP contribution in [-0.4, -0.2) is 60.5 Å². The van der Waals surface area contributed by atoms with Crippen LogP contribution in [0.5, 0.6) is 11.5 Å². The van der Waals surface area contributed by atoms with Gasteiger partial charge in [0.2, 0.25) is 11.8 Å². The first kappa shape index (κ1) is 19.6. The molecule has 1 aromatic heterocycles. The second-order valence-electron chi connectivity index (χ2n) is 8.08. The maximum absolute atomic E-state index is 12.9. The number of fused-ring (bicyclic) bond motifs is 3. The highest BCUT2D eigenvalue weighted by Gasteiger charge is 2.45. The van der Waals surface area contributed by atoms with Crippen molar-refractivity contribution < 1.29 is 19.1 Å². The lowest BCUT2D eigenvalue weighted by Gasteiger charge is -2.39. The summed E-state index contributed by atoms with van der Waals surface area (Å²) in [5.41, 5.74) is 4.39. The number of hydrogen-bond acceptors (Lipinski definition) is 5. The van der Waals surface area contributed by atoms with Crippen LogP contribution in [0.15, 0.2) is 42.5 Å². The number of hydrogen-bond donors (Lipinski definition) is 1. The molecule has 1 fully saturated rings. The Balaban J connectivity index is 1.68. The summed E-state index contributed by atoms with van der Waals surface area (Å²) in [5.74, 6) is 1.00. The van der Waals surface area contributed by atoms with Gasteiger partial charge in [0, 0.05) is 30.2 Å². The molecule has 3 aromatic rings. The molecule has 1 N–H and O–H groups in total. The Morgan fingerprint density at radius 1 is 1.03 bits per heavy atom. The molecule has 1 saturated heterocycles. The molecule has 5 rings (SSSR count). The van der Waals surface area contributed by atoms with Crippen molar-refractivity contribution in [3.63, 3.8) is 0 Å². The summed E-state index contributed by atoms with van der Waals surface area (Å²) in [6, 6.07) is 13.4. The molecule has 0 saturated carbocycles. The summed E-state index contributed by atoms with van der Waals surface area (Å²) < 4.78 is 11.0. The lowest BCUT2D eigenvalue weighted by Crippen LogP contribution is -2.46. The largest absolute Gasteiger partial charge is 0.493 e. The molecule has 0 spiro atoms. The first-order valence-corrected chi connectivity index (χ1v) is 10.4. The third-order valence-electron chi connectivity index (χ3n) is 6.55. The van der Waals surface area contributed by atoms with Crippen LogP contribution in [0.1, 0.15) is 29.3 Å². The van der Waals surface area contributed by atoms with Gasteiger partial charge in [-0.1, -0.05) is 24.3 Å². The maximum atomic E-state index is 12.9. The van der Waals surface area contributed by atoms with Crippen molar-refractivity contribution in [1.29, 1.82) is 0 Å². The zero-order chi connectivity index (χ0) is 21.7. The number of para-hydroxylation sites is 1. The Labute approximate surface area is 180 Å². The van der Waals surface area contributed by atoms with E-state index in [1.165, 1.54) is 15.8 Å². The van der Waals surface area contributed by atoms with Gasteiger partial charge >= 0.3 is 0 Å². The van der Waals surface area contributed by atoms with E-state index in [2.05, 4.69) is 22.0 Å². The lowest BCUT2D eigenvalue weighted by molar-refractivity contribution is -0.138. The Morgan fingerprint density at radius 3 is 2.52 bits per heavy atom.